The van der Waals surface area contributed by atoms with E-state index in [1.165, 1.54) is 15.6 Å². The quantitative estimate of drug-likeness (QED) is 0.516. The summed E-state index contributed by atoms with van der Waals surface area (Å²) in [6.45, 7) is 0. The fourth-order valence-electron chi connectivity index (χ4n) is 1.06. The summed E-state index contributed by atoms with van der Waals surface area (Å²) >= 11 is 15.5. The van der Waals surface area contributed by atoms with Gasteiger partial charge >= 0.3 is 87.3 Å². The summed E-state index contributed by atoms with van der Waals surface area (Å²) in [6.07, 6.45) is 0. The zero-order chi connectivity index (χ0) is 8.74. The Labute approximate surface area is 87.0 Å². The first-order chi connectivity index (χ1) is 5.18. The van der Waals surface area contributed by atoms with Gasteiger partial charge in [-0.05, 0) is 0 Å². The second-order valence-electron chi connectivity index (χ2n) is 3.13. The van der Waals surface area contributed by atoms with Crippen LogP contribution in [0.3, 0.4) is 0 Å². The molecule has 0 saturated heterocycles. The van der Waals surface area contributed by atoms with Crippen LogP contribution >= 0.6 is 34.8 Å². The molecular formula is C7H16AsCl3. The molecule has 0 aromatic rings. The first kappa shape index (κ1) is 12.4. The van der Waals surface area contributed by atoms with Crippen LogP contribution in [0.25, 0.3) is 0 Å². The van der Waals surface area contributed by atoms with Crippen molar-refractivity contribution in [3.63, 3.8) is 0 Å². The van der Waals surface area contributed by atoms with E-state index in [1.54, 1.807) is 0 Å². The van der Waals surface area contributed by atoms with Gasteiger partial charge in [0.15, 0.2) is 0 Å². The van der Waals surface area contributed by atoms with Crippen LogP contribution in [0.5, 0.6) is 0 Å². The Morgan fingerprint density at radius 3 is 1.27 bits per heavy atom. The van der Waals surface area contributed by atoms with Crippen molar-refractivity contribution in [2.75, 3.05) is 17.6 Å². The van der Waals surface area contributed by atoms with E-state index in [1.807, 2.05) is 0 Å². The number of hydrogen-bond donors (Lipinski definition) is 0. The molecule has 0 nitrogen and oxygen atoms in total. The normalized spacial score (nSPS) is 13.5. The van der Waals surface area contributed by atoms with E-state index < -0.39 is 13.6 Å². The molecule has 0 aliphatic carbocycles. The molecule has 0 bridgehead atoms. The fourth-order valence-corrected chi connectivity index (χ4v) is 12.6. The van der Waals surface area contributed by atoms with E-state index in [-0.39, 0.29) is 0 Å². The Kier molecular flexibility index (Phi) is 7.79. The molecule has 0 saturated carbocycles. The Bertz CT molecular complexity index is 80.7. The Morgan fingerprint density at radius 1 is 0.818 bits per heavy atom. The van der Waals surface area contributed by atoms with Crippen LogP contribution in [0.1, 0.15) is 0 Å². The molecule has 0 atom stereocenters. The summed E-state index contributed by atoms with van der Waals surface area (Å²) in [7, 11) is 0. The van der Waals surface area contributed by atoms with Gasteiger partial charge in [-0.3, -0.25) is 0 Å². The topological polar surface area (TPSA) is 0 Å². The number of halogens is 3. The molecule has 0 aliphatic heterocycles. The number of alkyl halides is 3. The summed E-state index contributed by atoms with van der Waals surface area (Å²) in [5.74, 6) is 2.35. The summed E-state index contributed by atoms with van der Waals surface area (Å²) < 4.78 is 0. The molecule has 0 aromatic carbocycles. The van der Waals surface area contributed by atoms with Gasteiger partial charge < -0.3 is 0 Å². The van der Waals surface area contributed by atoms with Crippen LogP contribution in [-0.4, -0.2) is 31.2 Å². The van der Waals surface area contributed by atoms with Crippen LogP contribution in [-0.2, 0) is 0 Å². The van der Waals surface area contributed by atoms with Gasteiger partial charge in [0.25, 0.3) is 0 Å². The summed E-state index contributed by atoms with van der Waals surface area (Å²) in [4.78, 5) is 0. The monoisotopic (exact) mass is 280 g/mol. The third-order valence-corrected chi connectivity index (χ3v) is 13.8. The van der Waals surface area contributed by atoms with Crippen molar-refractivity contribution in [1.29, 1.82) is 0 Å². The van der Waals surface area contributed by atoms with E-state index in [4.69, 9.17) is 34.8 Å². The zero-order valence-corrected chi connectivity index (χ0v) is 11.2. The fraction of sp³-hybridized carbons (Fsp3) is 1.00. The third kappa shape index (κ3) is 5.63. The number of rotatable bonds is 6. The molecule has 11 heavy (non-hydrogen) atoms. The summed E-state index contributed by atoms with van der Waals surface area (Å²) in [5.41, 5.74) is 2.38. The Balaban J connectivity index is 3.79. The molecule has 0 aliphatic rings. The van der Waals surface area contributed by atoms with Gasteiger partial charge in [0.2, 0.25) is 0 Å². The van der Waals surface area contributed by atoms with E-state index >= 15 is 0 Å². The van der Waals surface area contributed by atoms with Gasteiger partial charge in [-0.25, -0.2) is 0 Å². The van der Waals surface area contributed by atoms with Crippen molar-refractivity contribution in [1.82, 2.24) is 0 Å². The van der Waals surface area contributed by atoms with E-state index in [2.05, 4.69) is 5.71 Å². The molecule has 0 fully saturated rings. The second kappa shape index (κ2) is 6.89. The van der Waals surface area contributed by atoms with Gasteiger partial charge in [-0.1, -0.05) is 0 Å². The average molecular weight is 281 g/mol. The van der Waals surface area contributed by atoms with Crippen molar-refractivity contribution in [2.45, 2.75) is 21.3 Å². The van der Waals surface area contributed by atoms with Gasteiger partial charge in [0, 0.05) is 0 Å². The minimum absolute atomic E-state index is 0.782. The average Bonchev–Trinajstić information content (AvgIpc) is 1.88. The van der Waals surface area contributed by atoms with E-state index in [9.17, 15) is 0 Å². The number of hydrogen-bond acceptors (Lipinski definition) is 0. The van der Waals surface area contributed by atoms with Crippen molar-refractivity contribution in [3.8, 4) is 0 Å². The predicted octanol–water partition coefficient (Wildman–Crippen LogP) is 3.51. The van der Waals surface area contributed by atoms with Crippen LogP contribution in [0.2, 0.25) is 21.3 Å². The third-order valence-electron chi connectivity index (χ3n) is 2.09. The van der Waals surface area contributed by atoms with Gasteiger partial charge in [0.05, 0.1) is 0 Å². The van der Waals surface area contributed by atoms with Crippen molar-refractivity contribution >= 4 is 48.4 Å². The van der Waals surface area contributed by atoms with Gasteiger partial charge in [-0.2, -0.15) is 0 Å². The molecule has 0 N–H and O–H groups in total. The first-order valence-electron chi connectivity index (χ1n) is 3.86. The van der Waals surface area contributed by atoms with Gasteiger partial charge in [-0.15, -0.1) is 0 Å². The molecule has 4 heteroatoms. The maximum absolute atomic E-state index is 5.72. The van der Waals surface area contributed by atoms with Crippen molar-refractivity contribution < 1.29 is 0 Å². The molecule has 0 amide bonds. The maximum atomic E-state index is 5.72. The molecule has 0 unspecified atom stereocenters. The van der Waals surface area contributed by atoms with Crippen LogP contribution in [0.4, 0.5) is 0 Å². The Morgan fingerprint density at radius 2 is 1.09 bits per heavy atom. The molecular weight excluding hydrogens is 265 g/mol. The standard InChI is InChI=1S/C7H16AsCl3/c1-8(2-5-9,3-6-10)4-7-11/h8H,2-7H2,1H3. The molecule has 0 rings (SSSR count). The predicted molar refractivity (Wildman–Crippen MR) is 59.6 cm³/mol. The molecule has 0 spiro atoms. The molecule has 0 aromatic heterocycles. The second-order valence-corrected chi connectivity index (χ2v) is 15.0. The minimum atomic E-state index is -1.64. The SMILES string of the molecule is C[AsH](CCCl)(CCCl)CCCl. The molecule has 0 radical (unpaired) electrons. The van der Waals surface area contributed by atoms with Crippen molar-refractivity contribution in [3.05, 3.63) is 0 Å². The molecule has 70 valence electrons. The zero-order valence-electron chi connectivity index (χ0n) is 6.88. The summed E-state index contributed by atoms with van der Waals surface area (Å²) in [6, 6.07) is 0. The van der Waals surface area contributed by atoms with E-state index in [0.29, 0.717) is 0 Å². The van der Waals surface area contributed by atoms with Crippen LogP contribution in [0, 0.1) is 0 Å². The van der Waals surface area contributed by atoms with Crippen molar-refractivity contribution in [2.24, 2.45) is 0 Å². The molecule has 0 heterocycles. The summed E-state index contributed by atoms with van der Waals surface area (Å²) in [5, 5.41) is 3.59. The first-order valence-corrected chi connectivity index (χ1v) is 12.0. The Hall–Kier alpha value is 1.43. The van der Waals surface area contributed by atoms with Crippen LogP contribution in [0.15, 0.2) is 0 Å². The van der Waals surface area contributed by atoms with E-state index in [0.717, 1.165) is 17.6 Å². The van der Waals surface area contributed by atoms with Crippen LogP contribution < -0.4 is 0 Å². The van der Waals surface area contributed by atoms with Gasteiger partial charge in [0.1, 0.15) is 0 Å².